The first-order chi connectivity index (χ1) is 13.3. The summed E-state index contributed by atoms with van der Waals surface area (Å²) < 4.78 is 2.05. The van der Waals surface area contributed by atoms with Crippen molar-refractivity contribution in [1.29, 1.82) is 0 Å². The largest absolute Gasteiger partial charge is 0.478 e. The number of nitro groups is 1. The van der Waals surface area contributed by atoms with Gasteiger partial charge in [0.25, 0.3) is 5.69 Å². The van der Waals surface area contributed by atoms with Crippen LogP contribution in [0.5, 0.6) is 0 Å². The molecular weight excluding hydrogens is 358 g/mol. The van der Waals surface area contributed by atoms with Crippen LogP contribution in [0.2, 0.25) is 0 Å². The van der Waals surface area contributed by atoms with Gasteiger partial charge in [0.1, 0.15) is 0 Å². The van der Waals surface area contributed by atoms with Gasteiger partial charge < -0.3 is 9.67 Å². The van der Waals surface area contributed by atoms with Crippen LogP contribution in [0.1, 0.15) is 32.9 Å². The number of rotatable bonds is 5. The molecule has 1 aromatic heterocycles. The van der Waals surface area contributed by atoms with Gasteiger partial charge in [-0.1, -0.05) is 0 Å². The number of carbonyl (C=O) groups is 1. The molecule has 0 fully saturated rings. The monoisotopic (exact) mass is 377 g/mol. The molecular formula is C21H19N3O4. The van der Waals surface area contributed by atoms with E-state index in [0.717, 1.165) is 28.2 Å². The highest BCUT2D eigenvalue weighted by Gasteiger charge is 2.13. The topological polar surface area (TPSA) is 97.7 Å². The number of nitrogens with zero attached hydrogens (tertiary/aromatic N) is 3. The highest BCUT2D eigenvalue weighted by molar-refractivity contribution is 5.88. The van der Waals surface area contributed by atoms with Crippen molar-refractivity contribution in [2.45, 2.75) is 20.8 Å². The van der Waals surface area contributed by atoms with Crippen LogP contribution in [-0.4, -0.2) is 26.8 Å². The Kier molecular flexibility index (Phi) is 5.08. The van der Waals surface area contributed by atoms with Crippen LogP contribution < -0.4 is 0 Å². The smallest absolute Gasteiger partial charge is 0.335 e. The summed E-state index contributed by atoms with van der Waals surface area (Å²) in [6.07, 6.45) is 1.72. The van der Waals surface area contributed by atoms with E-state index < -0.39 is 10.9 Å². The van der Waals surface area contributed by atoms with Gasteiger partial charge in [-0.2, -0.15) is 0 Å². The lowest BCUT2D eigenvalue weighted by Gasteiger charge is -2.13. The minimum absolute atomic E-state index is 0.0254. The van der Waals surface area contributed by atoms with Crippen LogP contribution >= 0.6 is 0 Å². The van der Waals surface area contributed by atoms with Crippen molar-refractivity contribution in [3.05, 3.63) is 86.7 Å². The van der Waals surface area contributed by atoms with Crippen LogP contribution in [0.3, 0.4) is 0 Å². The number of aromatic nitrogens is 1. The van der Waals surface area contributed by atoms with E-state index in [1.807, 2.05) is 26.8 Å². The number of hydrogen-bond acceptors (Lipinski definition) is 4. The summed E-state index contributed by atoms with van der Waals surface area (Å²) in [5, 5.41) is 19.9. The van der Waals surface area contributed by atoms with E-state index in [-0.39, 0.29) is 11.3 Å². The average molecular weight is 377 g/mol. The number of benzene rings is 2. The van der Waals surface area contributed by atoms with Crippen molar-refractivity contribution in [3.8, 4) is 5.69 Å². The number of carboxylic acids is 1. The molecule has 28 heavy (non-hydrogen) atoms. The molecule has 7 heteroatoms. The number of aliphatic imine (C=N–C) groups is 1. The number of non-ortho nitro benzene ring substituents is 1. The molecule has 3 aromatic rings. The number of aryl methyl sites for hydroxylation is 2. The second-order valence-corrected chi connectivity index (χ2v) is 6.50. The maximum atomic E-state index is 11.2. The van der Waals surface area contributed by atoms with Gasteiger partial charge in [-0.05, 0) is 62.7 Å². The van der Waals surface area contributed by atoms with E-state index in [0.29, 0.717) is 5.69 Å². The fraction of sp³-hybridized carbons (Fsp3) is 0.143. The zero-order chi connectivity index (χ0) is 20.4. The van der Waals surface area contributed by atoms with Gasteiger partial charge in [-0.15, -0.1) is 0 Å². The normalized spacial score (nSPS) is 11.1. The molecule has 1 N–H and O–H groups in total. The summed E-state index contributed by atoms with van der Waals surface area (Å²) in [6.45, 7) is 5.82. The van der Waals surface area contributed by atoms with E-state index in [9.17, 15) is 14.9 Å². The van der Waals surface area contributed by atoms with Gasteiger partial charge in [0.15, 0.2) is 0 Å². The SMILES string of the molecule is Cc1cc(C(=O)O)ccc1-n1c(C)cc(C=Nc2ccc([N+](=O)[O-])cc2)c1C. The summed E-state index contributed by atoms with van der Waals surface area (Å²) in [7, 11) is 0. The van der Waals surface area contributed by atoms with Crippen molar-refractivity contribution < 1.29 is 14.8 Å². The maximum Gasteiger partial charge on any atom is 0.335 e. The second-order valence-electron chi connectivity index (χ2n) is 6.50. The molecule has 0 radical (unpaired) electrons. The van der Waals surface area contributed by atoms with Crippen molar-refractivity contribution in [2.75, 3.05) is 0 Å². The van der Waals surface area contributed by atoms with Crippen molar-refractivity contribution in [3.63, 3.8) is 0 Å². The Morgan fingerprint density at radius 3 is 2.36 bits per heavy atom. The number of hydrogen-bond donors (Lipinski definition) is 1. The zero-order valence-corrected chi connectivity index (χ0v) is 15.7. The zero-order valence-electron chi connectivity index (χ0n) is 15.7. The summed E-state index contributed by atoms with van der Waals surface area (Å²) in [5.41, 5.74) is 5.55. The third kappa shape index (κ3) is 3.68. The van der Waals surface area contributed by atoms with Crippen molar-refractivity contribution >= 4 is 23.6 Å². The molecule has 0 aliphatic rings. The van der Waals surface area contributed by atoms with Crippen LogP contribution in [-0.2, 0) is 0 Å². The minimum Gasteiger partial charge on any atom is -0.478 e. The molecule has 0 saturated carbocycles. The molecule has 0 atom stereocenters. The van der Waals surface area contributed by atoms with Crippen LogP contribution in [0, 0.1) is 30.9 Å². The molecule has 0 saturated heterocycles. The highest BCUT2D eigenvalue weighted by Crippen LogP contribution is 2.24. The van der Waals surface area contributed by atoms with Gasteiger partial charge in [0, 0.05) is 41.0 Å². The lowest BCUT2D eigenvalue weighted by Crippen LogP contribution is -2.04. The molecule has 0 unspecified atom stereocenters. The molecule has 3 rings (SSSR count). The number of carboxylic acid groups (broad SMARTS) is 1. The van der Waals surface area contributed by atoms with Gasteiger partial charge in [0.05, 0.1) is 16.2 Å². The third-order valence-electron chi connectivity index (χ3n) is 4.57. The quantitative estimate of drug-likeness (QED) is 0.394. The average Bonchev–Trinajstić information content (AvgIpc) is 2.94. The van der Waals surface area contributed by atoms with E-state index in [2.05, 4.69) is 9.56 Å². The van der Waals surface area contributed by atoms with Crippen LogP contribution in [0.25, 0.3) is 5.69 Å². The fourth-order valence-corrected chi connectivity index (χ4v) is 3.13. The summed E-state index contributed by atoms with van der Waals surface area (Å²) in [6, 6.07) is 13.1. The van der Waals surface area contributed by atoms with E-state index in [4.69, 9.17) is 5.11 Å². The molecule has 7 nitrogen and oxygen atoms in total. The Morgan fingerprint density at radius 2 is 1.79 bits per heavy atom. The van der Waals surface area contributed by atoms with Gasteiger partial charge >= 0.3 is 5.97 Å². The predicted molar refractivity (Wildman–Crippen MR) is 107 cm³/mol. The van der Waals surface area contributed by atoms with Gasteiger partial charge in [-0.3, -0.25) is 15.1 Å². The number of aromatic carboxylic acids is 1. The number of nitro benzene ring substituents is 1. The van der Waals surface area contributed by atoms with Gasteiger partial charge in [-0.25, -0.2) is 4.79 Å². The van der Waals surface area contributed by atoms with Crippen LogP contribution in [0.4, 0.5) is 11.4 Å². The molecule has 0 aliphatic heterocycles. The lowest BCUT2D eigenvalue weighted by atomic mass is 10.1. The van der Waals surface area contributed by atoms with Gasteiger partial charge in [0.2, 0.25) is 0 Å². The Hall–Kier alpha value is -3.74. The van der Waals surface area contributed by atoms with Crippen molar-refractivity contribution in [2.24, 2.45) is 4.99 Å². The fourth-order valence-electron chi connectivity index (χ4n) is 3.13. The predicted octanol–water partition coefficient (Wildman–Crippen LogP) is 4.76. The summed E-state index contributed by atoms with van der Waals surface area (Å²) >= 11 is 0. The molecule has 2 aromatic carbocycles. The first-order valence-corrected chi connectivity index (χ1v) is 8.59. The van der Waals surface area contributed by atoms with Crippen molar-refractivity contribution in [1.82, 2.24) is 4.57 Å². The highest BCUT2D eigenvalue weighted by atomic mass is 16.6. The Labute approximate surface area is 161 Å². The molecule has 0 spiro atoms. The Balaban J connectivity index is 1.94. The third-order valence-corrected chi connectivity index (χ3v) is 4.57. The Morgan fingerprint density at radius 1 is 1.11 bits per heavy atom. The van der Waals surface area contributed by atoms with Crippen LogP contribution in [0.15, 0.2) is 53.5 Å². The lowest BCUT2D eigenvalue weighted by molar-refractivity contribution is -0.384. The van der Waals surface area contributed by atoms with E-state index >= 15 is 0 Å². The van der Waals surface area contributed by atoms with E-state index in [1.54, 1.807) is 36.5 Å². The molecule has 1 heterocycles. The molecule has 142 valence electrons. The standard InChI is InChI=1S/C21H19N3O4/c1-13-10-16(21(25)26)4-9-20(13)23-14(2)11-17(15(23)3)12-22-18-5-7-19(8-6-18)24(27)28/h4-12H,1-3H3,(H,25,26). The second kappa shape index (κ2) is 7.48. The van der Waals surface area contributed by atoms with E-state index in [1.165, 1.54) is 12.1 Å². The maximum absolute atomic E-state index is 11.2. The minimum atomic E-state index is -0.952. The summed E-state index contributed by atoms with van der Waals surface area (Å²) in [5.74, 6) is -0.952. The molecule has 0 bridgehead atoms. The molecule has 0 amide bonds. The Bertz CT molecular complexity index is 1100. The first kappa shape index (κ1) is 19.0. The summed E-state index contributed by atoms with van der Waals surface area (Å²) in [4.78, 5) is 25.8. The molecule has 0 aliphatic carbocycles. The first-order valence-electron chi connectivity index (χ1n) is 8.59.